The van der Waals surface area contributed by atoms with E-state index in [0.717, 1.165) is 44.2 Å². The highest BCUT2D eigenvalue weighted by atomic mass is 15.2. The molecule has 0 bridgehead atoms. The highest BCUT2D eigenvalue weighted by molar-refractivity contribution is 5.40. The van der Waals surface area contributed by atoms with Gasteiger partial charge in [0, 0.05) is 38.7 Å². The Kier molecular flexibility index (Phi) is 6.75. The van der Waals surface area contributed by atoms with Crippen LogP contribution in [0.5, 0.6) is 0 Å². The Bertz CT molecular complexity index is 572. The fourth-order valence-electron chi connectivity index (χ4n) is 2.19. The number of hydrogen-bond acceptors (Lipinski definition) is 6. The van der Waals surface area contributed by atoms with Crippen molar-refractivity contribution in [2.75, 3.05) is 51.0 Å². The molecule has 6 nitrogen and oxygen atoms in total. The van der Waals surface area contributed by atoms with E-state index in [1.54, 1.807) is 6.20 Å². The lowest BCUT2D eigenvalue weighted by atomic mass is 10.2. The zero-order chi connectivity index (χ0) is 16.5. The fourth-order valence-corrected chi connectivity index (χ4v) is 2.19. The predicted octanol–water partition coefficient (Wildman–Crippen LogP) is 1.91. The third-order valence-corrected chi connectivity index (χ3v) is 3.56. The first-order valence-corrected chi connectivity index (χ1v) is 7.97. The minimum Gasteiger partial charge on any atom is -0.370 e. The molecule has 0 fully saturated rings. The first kappa shape index (κ1) is 17.1. The summed E-state index contributed by atoms with van der Waals surface area (Å²) in [5, 5.41) is 3.36. The van der Waals surface area contributed by atoms with Crippen LogP contribution in [0.15, 0.2) is 36.8 Å². The van der Waals surface area contributed by atoms with E-state index in [4.69, 9.17) is 0 Å². The maximum atomic E-state index is 4.58. The largest absolute Gasteiger partial charge is 0.370 e. The number of hydrogen-bond donors (Lipinski definition) is 1. The van der Waals surface area contributed by atoms with Gasteiger partial charge in [-0.05, 0) is 57.2 Å². The highest BCUT2D eigenvalue weighted by Crippen LogP contribution is 2.10. The summed E-state index contributed by atoms with van der Waals surface area (Å²) in [5.74, 6) is 1.63. The number of rotatable bonds is 9. The van der Waals surface area contributed by atoms with Crippen molar-refractivity contribution in [3.63, 3.8) is 0 Å². The number of anilines is 2. The first-order valence-electron chi connectivity index (χ1n) is 7.97. The predicted molar refractivity (Wildman–Crippen MR) is 94.9 cm³/mol. The molecular formula is C17H26N6. The Morgan fingerprint density at radius 1 is 1.00 bits per heavy atom. The molecule has 0 radical (unpaired) electrons. The Morgan fingerprint density at radius 2 is 1.78 bits per heavy atom. The molecule has 23 heavy (non-hydrogen) atoms. The maximum Gasteiger partial charge on any atom is 0.226 e. The molecule has 0 aliphatic heterocycles. The van der Waals surface area contributed by atoms with Crippen LogP contribution >= 0.6 is 0 Å². The summed E-state index contributed by atoms with van der Waals surface area (Å²) in [6.07, 6.45) is 7.49. The van der Waals surface area contributed by atoms with Crippen LogP contribution in [0.3, 0.4) is 0 Å². The minimum absolute atomic E-state index is 0.747. The van der Waals surface area contributed by atoms with Crippen molar-refractivity contribution in [2.45, 2.75) is 12.8 Å². The standard InChI is InChI=1S/C17H26N6/c1-22(2)13-4-9-19-16-7-12-20-17(21-16)23(3)14-8-15-5-10-18-11-6-15/h5-7,10-12H,4,8-9,13-14H2,1-3H3,(H,19,20,21). The molecule has 6 heteroatoms. The van der Waals surface area contributed by atoms with Crippen molar-refractivity contribution in [3.8, 4) is 0 Å². The molecule has 2 aromatic heterocycles. The van der Waals surface area contributed by atoms with E-state index in [1.807, 2.05) is 37.6 Å². The van der Waals surface area contributed by atoms with Crippen LogP contribution in [-0.2, 0) is 6.42 Å². The van der Waals surface area contributed by atoms with Gasteiger partial charge in [-0.2, -0.15) is 4.98 Å². The molecule has 0 aliphatic rings. The summed E-state index contributed by atoms with van der Waals surface area (Å²) < 4.78 is 0. The molecule has 2 heterocycles. The topological polar surface area (TPSA) is 57.2 Å². The van der Waals surface area contributed by atoms with Gasteiger partial charge in [0.25, 0.3) is 0 Å². The van der Waals surface area contributed by atoms with Gasteiger partial charge in [-0.25, -0.2) is 4.98 Å². The summed E-state index contributed by atoms with van der Waals surface area (Å²) in [6.45, 7) is 2.85. The number of nitrogens with zero attached hydrogens (tertiary/aromatic N) is 5. The summed E-state index contributed by atoms with van der Waals surface area (Å²) >= 11 is 0. The third-order valence-electron chi connectivity index (χ3n) is 3.56. The smallest absolute Gasteiger partial charge is 0.226 e. The summed E-state index contributed by atoms with van der Waals surface area (Å²) in [6, 6.07) is 5.99. The van der Waals surface area contributed by atoms with E-state index >= 15 is 0 Å². The third kappa shape index (κ3) is 6.20. The minimum atomic E-state index is 0.747. The first-order chi connectivity index (χ1) is 11.1. The Labute approximate surface area is 138 Å². The zero-order valence-electron chi connectivity index (χ0n) is 14.2. The molecule has 0 saturated heterocycles. The number of pyridine rings is 1. The molecule has 0 saturated carbocycles. The Hall–Kier alpha value is -2.21. The van der Waals surface area contributed by atoms with Crippen LogP contribution < -0.4 is 10.2 Å². The van der Waals surface area contributed by atoms with Gasteiger partial charge in [0.05, 0.1) is 0 Å². The van der Waals surface area contributed by atoms with Crippen LogP contribution in [0.4, 0.5) is 11.8 Å². The van der Waals surface area contributed by atoms with Crippen LogP contribution in [0.25, 0.3) is 0 Å². The van der Waals surface area contributed by atoms with E-state index in [-0.39, 0.29) is 0 Å². The lowest BCUT2D eigenvalue weighted by molar-refractivity contribution is 0.405. The number of aromatic nitrogens is 3. The molecule has 0 unspecified atom stereocenters. The highest BCUT2D eigenvalue weighted by Gasteiger charge is 2.05. The van der Waals surface area contributed by atoms with Crippen molar-refractivity contribution in [3.05, 3.63) is 42.4 Å². The lowest BCUT2D eigenvalue weighted by Gasteiger charge is -2.17. The van der Waals surface area contributed by atoms with Gasteiger partial charge in [-0.1, -0.05) is 0 Å². The summed E-state index contributed by atoms with van der Waals surface area (Å²) in [7, 11) is 6.19. The average molecular weight is 314 g/mol. The summed E-state index contributed by atoms with van der Waals surface area (Å²) in [5.41, 5.74) is 1.27. The van der Waals surface area contributed by atoms with Gasteiger partial charge in [-0.15, -0.1) is 0 Å². The van der Waals surface area contributed by atoms with E-state index in [1.165, 1.54) is 5.56 Å². The Balaban J connectivity index is 1.83. The van der Waals surface area contributed by atoms with E-state index in [0.29, 0.717) is 0 Å². The van der Waals surface area contributed by atoms with Crippen molar-refractivity contribution >= 4 is 11.8 Å². The van der Waals surface area contributed by atoms with Crippen LogP contribution in [0.2, 0.25) is 0 Å². The quantitative estimate of drug-likeness (QED) is 0.714. The van der Waals surface area contributed by atoms with Crippen LogP contribution in [0, 0.1) is 0 Å². The van der Waals surface area contributed by atoms with E-state index < -0.39 is 0 Å². The van der Waals surface area contributed by atoms with Crippen LogP contribution in [0.1, 0.15) is 12.0 Å². The molecule has 124 valence electrons. The average Bonchev–Trinajstić information content (AvgIpc) is 2.57. The molecule has 0 aromatic carbocycles. The van der Waals surface area contributed by atoms with Crippen molar-refractivity contribution < 1.29 is 0 Å². The number of nitrogens with one attached hydrogen (secondary N) is 1. The van der Waals surface area contributed by atoms with Crippen LogP contribution in [-0.4, -0.2) is 60.6 Å². The van der Waals surface area contributed by atoms with Crippen molar-refractivity contribution in [1.29, 1.82) is 0 Å². The van der Waals surface area contributed by atoms with Gasteiger partial charge in [0.2, 0.25) is 5.95 Å². The second-order valence-electron chi connectivity index (χ2n) is 5.85. The molecule has 1 N–H and O–H groups in total. The van der Waals surface area contributed by atoms with Crippen molar-refractivity contribution in [2.24, 2.45) is 0 Å². The lowest BCUT2D eigenvalue weighted by Crippen LogP contribution is -2.23. The fraction of sp³-hybridized carbons (Fsp3) is 0.471. The monoisotopic (exact) mass is 314 g/mol. The molecule has 0 spiro atoms. The SMILES string of the molecule is CN(C)CCCNc1ccnc(N(C)CCc2ccncc2)n1. The van der Waals surface area contributed by atoms with E-state index in [2.05, 4.69) is 44.2 Å². The molecule has 2 aromatic rings. The molecule has 0 aliphatic carbocycles. The molecule has 0 amide bonds. The maximum absolute atomic E-state index is 4.58. The summed E-state index contributed by atoms with van der Waals surface area (Å²) in [4.78, 5) is 17.2. The molecule has 0 atom stereocenters. The van der Waals surface area contributed by atoms with Gasteiger partial charge < -0.3 is 15.1 Å². The zero-order valence-corrected chi connectivity index (χ0v) is 14.2. The second-order valence-corrected chi connectivity index (χ2v) is 5.85. The van der Waals surface area contributed by atoms with E-state index in [9.17, 15) is 0 Å². The van der Waals surface area contributed by atoms with Gasteiger partial charge in [0.15, 0.2) is 0 Å². The number of likely N-dealkylation sites (N-methyl/N-ethyl adjacent to an activating group) is 1. The van der Waals surface area contributed by atoms with Gasteiger partial charge >= 0.3 is 0 Å². The normalized spacial score (nSPS) is 10.8. The van der Waals surface area contributed by atoms with Crippen molar-refractivity contribution in [1.82, 2.24) is 19.9 Å². The van der Waals surface area contributed by atoms with Gasteiger partial charge in [0.1, 0.15) is 5.82 Å². The molecular weight excluding hydrogens is 288 g/mol. The Morgan fingerprint density at radius 3 is 2.52 bits per heavy atom. The second kappa shape index (κ2) is 9.05. The molecule has 2 rings (SSSR count). The van der Waals surface area contributed by atoms with Gasteiger partial charge in [-0.3, -0.25) is 4.98 Å².